The Labute approximate surface area is 108 Å². The van der Waals surface area contributed by atoms with E-state index in [9.17, 15) is 4.79 Å². The van der Waals surface area contributed by atoms with Crippen LogP contribution in [0.4, 0.5) is 4.79 Å². The third-order valence-corrected chi connectivity index (χ3v) is 2.82. The molecule has 0 aliphatic carbocycles. The van der Waals surface area contributed by atoms with Gasteiger partial charge in [0.15, 0.2) is 6.17 Å². The number of ether oxygens (including phenoxy) is 2. The second kappa shape index (κ2) is 4.33. The van der Waals surface area contributed by atoms with Crippen molar-refractivity contribution in [3.8, 4) is 0 Å². The van der Waals surface area contributed by atoms with Crippen molar-refractivity contribution < 1.29 is 14.3 Å². The second-order valence-corrected chi connectivity index (χ2v) is 5.84. The maximum absolute atomic E-state index is 12.0. The molecule has 2 aliphatic rings. The lowest BCUT2D eigenvalue weighted by molar-refractivity contribution is 0.0203. The van der Waals surface area contributed by atoms with Crippen LogP contribution in [0.2, 0.25) is 0 Å². The molecule has 1 fully saturated rings. The second-order valence-electron chi connectivity index (χ2n) is 5.84. The molecule has 0 aromatic heterocycles. The summed E-state index contributed by atoms with van der Waals surface area (Å²) in [5.74, 6) is 0. The van der Waals surface area contributed by atoms with E-state index >= 15 is 0 Å². The zero-order valence-corrected chi connectivity index (χ0v) is 11.6. The summed E-state index contributed by atoms with van der Waals surface area (Å²) < 4.78 is 11.1. The van der Waals surface area contributed by atoms with Gasteiger partial charge in [0.1, 0.15) is 11.7 Å². The summed E-state index contributed by atoms with van der Waals surface area (Å²) in [7, 11) is 3.75. The average Bonchev–Trinajstić information content (AvgIpc) is 2.71. The first-order valence-corrected chi connectivity index (χ1v) is 6.19. The SMILES string of the molecule is CN(C)C1=N[C@@H]2[C@@H](CCN2C(=O)OC(C)(C)C)O1. The molecule has 0 spiro atoms. The topological polar surface area (TPSA) is 54.4 Å². The fourth-order valence-corrected chi connectivity index (χ4v) is 2.04. The molecule has 6 nitrogen and oxygen atoms in total. The Morgan fingerprint density at radius 3 is 2.72 bits per heavy atom. The molecule has 0 N–H and O–H groups in total. The Morgan fingerprint density at radius 1 is 1.50 bits per heavy atom. The van der Waals surface area contributed by atoms with Crippen molar-refractivity contribution in [3.05, 3.63) is 0 Å². The van der Waals surface area contributed by atoms with Crippen molar-refractivity contribution in [2.75, 3.05) is 20.6 Å². The van der Waals surface area contributed by atoms with E-state index in [-0.39, 0.29) is 18.4 Å². The highest BCUT2D eigenvalue weighted by Crippen LogP contribution is 2.29. The third-order valence-electron chi connectivity index (χ3n) is 2.82. The summed E-state index contributed by atoms with van der Waals surface area (Å²) in [5, 5.41) is 0. The van der Waals surface area contributed by atoms with Gasteiger partial charge in [0.25, 0.3) is 6.02 Å². The number of carbonyl (C=O) groups excluding carboxylic acids is 1. The smallest absolute Gasteiger partial charge is 0.412 e. The molecular formula is C12H21N3O3. The Morgan fingerprint density at radius 2 is 2.17 bits per heavy atom. The predicted octanol–water partition coefficient (Wildman–Crippen LogP) is 1.27. The van der Waals surface area contributed by atoms with Crippen LogP contribution in [0.15, 0.2) is 4.99 Å². The zero-order valence-electron chi connectivity index (χ0n) is 11.6. The van der Waals surface area contributed by atoms with Gasteiger partial charge in [-0.2, -0.15) is 0 Å². The highest BCUT2D eigenvalue weighted by atomic mass is 16.6. The van der Waals surface area contributed by atoms with Crippen molar-refractivity contribution in [1.82, 2.24) is 9.80 Å². The minimum absolute atomic E-state index is 0.0325. The Hall–Kier alpha value is -1.46. The van der Waals surface area contributed by atoms with Crippen LogP contribution in [0.3, 0.4) is 0 Å². The number of amidine groups is 1. The van der Waals surface area contributed by atoms with Crippen LogP contribution in [0.25, 0.3) is 0 Å². The normalized spacial score (nSPS) is 26.5. The number of hydrogen-bond donors (Lipinski definition) is 0. The van der Waals surface area contributed by atoms with Crippen molar-refractivity contribution in [2.45, 2.75) is 45.1 Å². The van der Waals surface area contributed by atoms with Crippen molar-refractivity contribution >= 4 is 12.1 Å². The van der Waals surface area contributed by atoms with Gasteiger partial charge in [0, 0.05) is 27.1 Å². The summed E-state index contributed by atoms with van der Waals surface area (Å²) >= 11 is 0. The number of nitrogens with zero attached hydrogens (tertiary/aromatic N) is 3. The lowest BCUT2D eigenvalue weighted by Gasteiger charge is -2.26. The summed E-state index contributed by atoms with van der Waals surface area (Å²) in [6.45, 7) is 6.21. The maximum Gasteiger partial charge on any atom is 0.412 e. The number of hydrogen-bond acceptors (Lipinski definition) is 5. The van der Waals surface area contributed by atoms with E-state index in [2.05, 4.69) is 4.99 Å². The highest BCUT2D eigenvalue weighted by molar-refractivity contribution is 5.77. The van der Waals surface area contributed by atoms with Crippen LogP contribution in [-0.4, -0.2) is 60.4 Å². The molecule has 0 aromatic rings. The Bertz CT molecular complexity index is 373. The molecule has 0 bridgehead atoms. The number of likely N-dealkylation sites (tertiary alicyclic amines) is 1. The first-order valence-electron chi connectivity index (χ1n) is 6.19. The van der Waals surface area contributed by atoms with Gasteiger partial charge in [-0.05, 0) is 20.8 Å². The zero-order chi connectivity index (χ0) is 13.5. The number of amides is 1. The lowest BCUT2D eigenvalue weighted by Crippen LogP contribution is -2.40. The maximum atomic E-state index is 12.0. The fourth-order valence-electron chi connectivity index (χ4n) is 2.04. The first-order chi connectivity index (χ1) is 8.28. The van der Waals surface area contributed by atoms with Gasteiger partial charge in [0.05, 0.1) is 0 Å². The molecule has 102 valence electrons. The molecule has 0 aromatic carbocycles. The molecular weight excluding hydrogens is 234 g/mol. The van der Waals surface area contributed by atoms with Gasteiger partial charge in [0.2, 0.25) is 0 Å². The van der Waals surface area contributed by atoms with E-state index in [1.54, 1.807) is 4.90 Å². The molecule has 0 saturated carbocycles. The monoisotopic (exact) mass is 255 g/mol. The van der Waals surface area contributed by atoms with Crippen molar-refractivity contribution in [1.29, 1.82) is 0 Å². The predicted molar refractivity (Wildman–Crippen MR) is 67.3 cm³/mol. The number of aliphatic imine (C=N–C) groups is 1. The Kier molecular flexibility index (Phi) is 3.12. The molecule has 2 aliphatic heterocycles. The van der Waals surface area contributed by atoms with Crippen LogP contribution in [0.1, 0.15) is 27.2 Å². The summed E-state index contributed by atoms with van der Waals surface area (Å²) in [5.41, 5.74) is -0.483. The van der Waals surface area contributed by atoms with Gasteiger partial charge in [-0.3, -0.25) is 4.90 Å². The van der Waals surface area contributed by atoms with E-state index in [4.69, 9.17) is 9.47 Å². The molecule has 6 heteroatoms. The fraction of sp³-hybridized carbons (Fsp3) is 0.833. The van der Waals surface area contributed by atoms with E-state index < -0.39 is 5.60 Å². The van der Waals surface area contributed by atoms with Crippen LogP contribution >= 0.6 is 0 Å². The molecule has 0 radical (unpaired) electrons. The summed E-state index contributed by atoms with van der Waals surface area (Å²) in [6, 6.07) is 0.582. The van der Waals surface area contributed by atoms with E-state index in [0.717, 1.165) is 6.42 Å². The minimum Gasteiger partial charge on any atom is -0.457 e. The summed E-state index contributed by atoms with van der Waals surface area (Å²) in [6.07, 6.45) is 0.208. The molecule has 1 saturated heterocycles. The van der Waals surface area contributed by atoms with Crippen molar-refractivity contribution in [2.24, 2.45) is 4.99 Å². The van der Waals surface area contributed by atoms with E-state index in [0.29, 0.717) is 12.6 Å². The molecule has 2 atom stereocenters. The molecule has 0 unspecified atom stereocenters. The average molecular weight is 255 g/mol. The molecule has 2 heterocycles. The van der Waals surface area contributed by atoms with Crippen LogP contribution in [0.5, 0.6) is 0 Å². The first kappa shape index (κ1) is 13.0. The van der Waals surface area contributed by atoms with Gasteiger partial charge in [-0.25, -0.2) is 9.79 Å². The highest BCUT2D eigenvalue weighted by Gasteiger charge is 2.45. The van der Waals surface area contributed by atoms with Crippen LogP contribution in [-0.2, 0) is 9.47 Å². The molecule has 2 rings (SSSR count). The molecule has 1 amide bonds. The molecule has 18 heavy (non-hydrogen) atoms. The number of carbonyl (C=O) groups is 1. The van der Waals surface area contributed by atoms with Gasteiger partial charge < -0.3 is 14.4 Å². The largest absolute Gasteiger partial charge is 0.457 e. The van der Waals surface area contributed by atoms with Crippen LogP contribution in [0, 0.1) is 0 Å². The number of fused-ring (bicyclic) bond motifs is 1. The van der Waals surface area contributed by atoms with Gasteiger partial charge in [-0.1, -0.05) is 0 Å². The Balaban J connectivity index is 2.06. The quantitative estimate of drug-likeness (QED) is 0.654. The van der Waals surface area contributed by atoms with Gasteiger partial charge >= 0.3 is 6.09 Å². The summed E-state index contributed by atoms with van der Waals surface area (Å²) in [4.78, 5) is 19.9. The standard InChI is InChI=1S/C12H21N3O3/c1-12(2,3)18-11(16)15-7-6-8-9(15)13-10(17-8)14(4)5/h8-9H,6-7H2,1-5H3/t8-,9+/m1/s1. The van der Waals surface area contributed by atoms with E-state index in [1.165, 1.54) is 0 Å². The number of rotatable bonds is 0. The van der Waals surface area contributed by atoms with Gasteiger partial charge in [-0.15, -0.1) is 0 Å². The lowest BCUT2D eigenvalue weighted by atomic mass is 10.2. The van der Waals surface area contributed by atoms with Crippen LogP contribution < -0.4 is 0 Å². The van der Waals surface area contributed by atoms with E-state index in [1.807, 2.05) is 39.8 Å². The minimum atomic E-state index is -0.483. The van der Waals surface area contributed by atoms with Crippen molar-refractivity contribution in [3.63, 3.8) is 0 Å². The third kappa shape index (κ3) is 2.52.